The van der Waals surface area contributed by atoms with Crippen LogP contribution in [0.5, 0.6) is 0 Å². The summed E-state index contributed by atoms with van der Waals surface area (Å²) in [7, 11) is 0. The van der Waals surface area contributed by atoms with Crippen molar-refractivity contribution in [3.05, 3.63) is 18.7 Å². The lowest BCUT2D eigenvalue weighted by molar-refractivity contribution is -0.130. The molecule has 1 saturated heterocycles. The Balaban J connectivity index is 1.70. The molecule has 5 nitrogen and oxygen atoms in total. The van der Waals surface area contributed by atoms with Crippen molar-refractivity contribution in [2.24, 2.45) is 0 Å². The molecule has 0 bridgehead atoms. The van der Waals surface area contributed by atoms with Crippen LogP contribution in [0.2, 0.25) is 0 Å². The molecule has 1 aliphatic heterocycles. The summed E-state index contributed by atoms with van der Waals surface area (Å²) >= 11 is 0. The van der Waals surface area contributed by atoms with Crippen LogP contribution in [0.1, 0.15) is 32.6 Å². The van der Waals surface area contributed by atoms with E-state index in [9.17, 15) is 4.79 Å². The number of hydrogen-bond acceptors (Lipinski definition) is 3. The van der Waals surface area contributed by atoms with Gasteiger partial charge in [-0.3, -0.25) is 4.79 Å². The molecule has 1 unspecified atom stereocenters. The van der Waals surface area contributed by atoms with Crippen molar-refractivity contribution in [3.8, 4) is 0 Å². The quantitative estimate of drug-likeness (QED) is 0.871. The molecule has 0 radical (unpaired) electrons. The van der Waals surface area contributed by atoms with Crippen LogP contribution in [-0.2, 0) is 11.3 Å². The summed E-state index contributed by atoms with van der Waals surface area (Å²) in [6.45, 7) is 5.23. The predicted molar refractivity (Wildman–Crippen MR) is 74.7 cm³/mol. The van der Waals surface area contributed by atoms with Crippen molar-refractivity contribution in [3.63, 3.8) is 0 Å². The molecule has 1 N–H and O–H groups in total. The zero-order valence-electron chi connectivity index (χ0n) is 11.7. The number of likely N-dealkylation sites (tertiary alicyclic amines) is 1. The molecule has 0 aromatic carbocycles. The largest absolute Gasteiger partial charge is 0.342 e. The van der Waals surface area contributed by atoms with Gasteiger partial charge in [0.2, 0.25) is 5.91 Å². The monoisotopic (exact) mass is 264 g/mol. The second-order valence-electron chi connectivity index (χ2n) is 5.34. The van der Waals surface area contributed by atoms with Crippen LogP contribution in [0, 0.1) is 0 Å². The summed E-state index contributed by atoms with van der Waals surface area (Å²) in [5.74, 6) is 0.236. The number of amides is 1. The number of nitrogens with one attached hydrogen (secondary N) is 1. The third-order valence-electron chi connectivity index (χ3n) is 3.60. The Morgan fingerprint density at radius 2 is 2.05 bits per heavy atom. The Kier molecular flexibility index (Phi) is 5.39. The summed E-state index contributed by atoms with van der Waals surface area (Å²) in [5, 5.41) is 3.30. The maximum atomic E-state index is 12.1. The zero-order chi connectivity index (χ0) is 13.5. The minimum Gasteiger partial charge on any atom is -0.342 e. The third kappa shape index (κ3) is 4.67. The van der Waals surface area contributed by atoms with Gasteiger partial charge in [-0.25, -0.2) is 4.98 Å². The van der Waals surface area contributed by atoms with E-state index in [0.717, 1.165) is 32.5 Å². The van der Waals surface area contributed by atoms with Gasteiger partial charge in [-0.05, 0) is 19.8 Å². The fourth-order valence-electron chi connectivity index (χ4n) is 2.47. The SMILES string of the molecule is CC(Cn1ccnc1)NCC(=O)N1CCCCCC1. The van der Waals surface area contributed by atoms with Gasteiger partial charge in [0.25, 0.3) is 0 Å². The minimum absolute atomic E-state index is 0.236. The zero-order valence-corrected chi connectivity index (χ0v) is 11.7. The number of carbonyl (C=O) groups excluding carboxylic acids is 1. The number of imidazole rings is 1. The molecule has 2 heterocycles. The molecule has 2 rings (SSSR count). The van der Waals surface area contributed by atoms with Crippen LogP contribution in [0.15, 0.2) is 18.7 Å². The molecule has 0 saturated carbocycles. The number of nitrogens with zero attached hydrogens (tertiary/aromatic N) is 3. The highest BCUT2D eigenvalue weighted by molar-refractivity contribution is 5.78. The van der Waals surface area contributed by atoms with Gasteiger partial charge in [-0.15, -0.1) is 0 Å². The van der Waals surface area contributed by atoms with E-state index >= 15 is 0 Å². The van der Waals surface area contributed by atoms with Crippen molar-refractivity contribution in [2.45, 2.75) is 45.2 Å². The van der Waals surface area contributed by atoms with Crippen molar-refractivity contribution in [1.82, 2.24) is 19.8 Å². The van der Waals surface area contributed by atoms with Crippen molar-refractivity contribution < 1.29 is 4.79 Å². The number of carbonyl (C=O) groups is 1. The highest BCUT2D eigenvalue weighted by Crippen LogP contribution is 2.09. The molecular weight excluding hydrogens is 240 g/mol. The molecule has 1 aromatic heterocycles. The number of rotatable bonds is 5. The van der Waals surface area contributed by atoms with E-state index in [4.69, 9.17) is 0 Å². The Hall–Kier alpha value is -1.36. The molecule has 1 amide bonds. The fourth-order valence-corrected chi connectivity index (χ4v) is 2.47. The van der Waals surface area contributed by atoms with Gasteiger partial charge in [0.15, 0.2) is 0 Å². The molecule has 1 atom stereocenters. The summed E-state index contributed by atoms with van der Waals surface area (Å²) in [4.78, 5) is 18.1. The lowest BCUT2D eigenvalue weighted by atomic mass is 10.2. The van der Waals surface area contributed by atoms with Gasteiger partial charge >= 0.3 is 0 Å². The van der Waals surface area contributed by atoms with Crippen molar-refractivity contribution in [2.75, 3.05) is 19.6 Å². The van der Waals surface area contributed by atoms with Gasteiger partial charge in [0.1, 0.15) is 0 Å². The second kappa shape index (κ2) is 7.28. The van der Waals surface area contributed by atoms with Crippen LogP contribution in [0.4, 0.5) is 0 Å². The predicted octanol–water partition coefficient (Wildman–Crippen LogP) is 1.26. The van der Waals surface area contributed by atoms with E-state index in [-0.39, 0.29) is 11.9 Å². The van der Waals surface area contributed by atoms with Crippen LogP contribution < -0.4 is 5.32 Å². The van der Waals surface area contributed by atoms with E-state index in [1.54, 1.807) is 12.5 Å². The molecule has 1 fully saturated rings. The van der Waals surface area contributed by atoms with Gasteiger partial charge < -0.3 is 14.8 Å². The van der Waals surface area contributed by atoms with Crippen LogP contribution in [0.3, 0.4) is 0 Å². The van der Waals surface area contributed by atoms with E-state index in [1.807, 2.05) is 15.7 Å². The van der Waals surface area contributed by atoms with Gasteiger partial charge in [-0.1, -0.05) is 12.8 Å². The number of hydrogen-bond donors (Lipinski definition) is 1. The first-order valence-electron chi connectivity index (χ1n) is 7.22. The average Bonchev–Trinajstić information content (AvgIpc) is 2.76. The minimum atomic E-state index is 0.236. The maximum Gasteiger partial charge on any atom is 0.236 e. The topological polar surface area (TPSA) is 50.2 Å². The second-order valence-corrected chi connectivity index (χ2v) is 5.34. The van der Waals surface area contributed by atoms with Gasteiger partial charge in [0.05, 0.1) is 12.9 Å². The Bertz CT molecular complexity index is 369. The molecule has 106 valence electrons. The summed E-state index contributed by atoms with van der Waals surface area (Å²) in [6, 6.07) is 0.269. The number of aromatic nitrogens is 2. The van der Waals surface area contributed by atoms with Gasteiger partial charge in [-0.2, -0.15) is 0 Å². The standard InChI is InChI=1S/C14H24N4O/c1-13(11-17-9-6-15-12-17)16-10-14(19)18-7-4-2-3-5-8-18/h6,9,12-13,16H,2-5,7-8,10-11H2,1H3. The fraction of sp³-hybridized carbons (Fsp3) is 0.714. The molecule has 0 aliphatic carbocycles. The van der Waals surface area contributed by atoms with E-state index in [2.05, 4.69) is 17.2 Å². The summed E-state index contributed by atoms with van der Waals surface area (Å²) < 4.78 is 2.02. The lowest BCUT2D eigenvalue weighted by Crippen LogP contribution is -2.42. The van der Waals surface area contributed by atoms with E-state index < -0.39 is 0 Å². The third-order valence-corrected chi connectivity index (χ3v) is 3.60. The Morgan fingerprint density at radius 1 is 1.32 bits per heavy atom. The maximum absolute atomic E-state index is 12.1. The average molecular weight is 264 g/mol. The highest BCUT2D eigenvalue weighted by atomic mass is 16.2. The first-order valence-corrected chi connectivity index (χ1v) is 7.22. The normalized spacial score (nSPS) is 18.1. The molecule has 1 aliphatic rings. The smallest absolute Gasteiger partial charge is 0.236 e. The molecule has 5 heteroatoms. The Labute approximate surface area is 115 Å². The molecule has 1 aromatic rings. The first-order chi connectivity index (χ1) is 9.25. The Morgan fingerprint density at radius 3 is 2.68 bits per heavy atom. The summed E-state index contributed by atoms with van der Waals surface area (Å²) in [6.07, 6.45) is 10.3. The molecule has 19 heavy (non-hydrogen) atoms. The van der Waals surface area contributed by atoms with Crippen molar-refractivity contribution >= 4 is 5.91 Å². The van der Waals surface area contributed by atoms with Crippen LogP contribution >= 0.6 is 0 Å². The van der Waals surface area contributed by atoms with E-state index in [1.165, 1.54) is 12.8 Å². The highest BCUT2D eigenvalue weighted by Gasteiger charge is 2.15. The van der Waals surface area contributed by atoms with Crippen LogP contribution in [-0.4, -0.2) is 46.0 Å². The lowest BCUT2D eigenvalue weighted by Gasteiger charge is -2.22. The molecular formula is C14H24N4O. The summed E-state index contributed by atoms with van der Waals surface area (Å²) in [5.41, 5.74) is 0. The van der Waals surface area contributed by atoms with Gasteiger partial charge in [0, 0.05) is 38.1 Å². The van der Waals surface area contributed by atoms with Crippen LogP contribution in [0.25, 0.3) is 0 Å². The van der Waals surface area contributed by atoms with Crippen molar-refractivity contribution in [1.29, 1.82) is 0 Å². The molecule has 0 spiro atoms. The van der Waals surface area contributed by atoms with E-state index in [0.29, 0.717) is 6.54 Å². The first kappa shape index (κ1) is 14.1.